The lowest BCUT2D eigenvalue weighted by Gasteiger charge is -2.26. The Labute approximate surface area is 201 Å². The summed E-state index contributed by atoms with van der Waals surface area (Å²) >= 11 is 18.3. The van der Waals surface area contributed by atoms with Gasteiger partial charge in [-0.1, -0.05) is 41.4 Å². The molecule has 3 heterocycles. The van der Waals surface area contributed by atoms with E-state index in [4.69, 9.17) is 39.8 Å². The zero-order valence-corrected chi connectivity index (χ0v) is 19.5. The second-order valence-corrected chi connectivity index (χ2v) is 8.89. The van der Waals surface area contributed by atoms with Crippen LogP contribution in [0, 0.1) is 6.92 Å². The van der Waals surface area contributed by atoms with Crippen LogP contribution in [0.4, 0.5) is 5.69 Å². The Hall–Kier alpha value is -2.86. The van der Waals surface area contributed by atoms with Crippen LogP contribution in [0.1, 0.15) is 29.1 Å². The van der Waals surface area contributed by atoms with Crippen molar-refractivity contribution in [2.45, 2.75) is 19.0 Å². The smallest absolute Gasteiger partial charge is 0.174 e. The van der Waals surface area contributed by atoms with Gasteiger partial charge in [0, 0.05) is 22.5 Å². The molecule has 1 aliphatic heterocycles. The summed E-state index contributed by atoms with van der Waals surface area (Å²) in [5, 5.41) is 5.19. The summed E-state index contributed by atoms with van der Waals surface area (Å²) < 4.78 is 6.36. The number of hydrogen-bond acceptors (Lipinski definition) is 3. The molecule has 2 aromatic carbocycles. The van der Waals surface area contributed by atoms with Gasteiger partial charge in [-0.15, -0.1) is 0 Å². The van der Waals surface area contributed by atoms with Gasteiger partial charge in [0.05, 0.1) is 16.8 Å². The molecule has 1 fully saturated rings. The summed E-state index contributed by atoms with van der Waals surface area (Å²) in [5.74, 6) is 1.43. The van der Waals surface area contributed by atoms with Crippen LogP contribution in [0.2, 0.25) is 10.0 Å². The first-order valence-electron chi connectivity index (χ1n) is 10.1. The van der Waals surface area contributed by atoms with Gasteiger partial charge in [-0.05, 0) is 79.3 Å². The molecule has 0 saturated carbocycles. The largest absolute Gasteiger partial charge is 0.459 e. The quantitative estimate of drug-likeness (QED) is 0.315. The summed E-state index contributed by atoms with van der Waals surface area (Å²) in [6.07, 6.45) is 1.79. The summed E-state index contributed by atoms with van der Waals surface area (Å²) in [6.45, 7) is 2.06. The molecule has 1 aliphatic rings. The molecule has 1 N–H and O–H groups in total. The molecule has 0 amide bonds. The zero-order chi connectivity index (χ0) is 22.2. The zero-order valence-electron chi connectivity index (χ0n) is 17.1. The molecule has 160 valence electrons. The van der Waals surface area contributed by atoms with Gasteiger partial charge in [-0.25, -0.2) is 0 Å². The van der Waals surface area contributed by atoms with Gasteiger partial charge in [-0.2, -0.15) is 0 Å². The van der Waals surface area contributed by atoms with E-state index in [9.17, 15) is 0 Å². The number of furan rings is 1. The van der Waals surface area contributed by atoms with Crippen LogP contribution in [0.5, 0.6) is 0 Å². The van der Waals surface area contributed by atoms with Crippen LogP contribution in [0.3, 0.4) is 0 Å². The minimum absolute atomic E-state index is 0.177. The van der Waals surface area contributed by atoms with Crippen molar-refractivity contribution in [1.82, 2.24) is 10.3 Å². The maximum absolute atomic E-state index is 6.42. The molecular weight excluding hydrogens is 461 g/mol. The highest BCUT2D eigenvalue weighted by atomic mass is 35.5. The first kappa shape index (κ1) is 21.0. The molecule has 0 radical (unpaired) electrons. The van der Waals surface area contributed by atoms with E-state index in [2.05, 4.69) is 40.3 Å². The number of thiocarbonyl (C=S) groups is 1. The lowest BCUT2D eigenvalue weighted by atomic mass is 10.0. The molecule has 32 heavy (non-hydrogen) atoms. The number of halogens is 2. The predicted molar refractivity (Wildman–Crippen MR) is 133 cm³/mol. The summed E-state index contributed by atoms with van der Waals surface area (Å²) in [5.41, 5.74) is 3.82. The summed E-state index contributed by atoms with van der Waals surface area (Å²) in [7, 11) is 0. The Balaban J connectivity index is 1.61. The number of nitrogens with zero attached hydrogens (tertiary/aromatic N) is 2. The highest BCUT2D eigenvalue weighted by Crippen LogP contribution is 2.43. The van der Waals surface area contributed by atoms with Crippen molar-refractivity contribution in [1.29, 1.82) is 0 Å². The van der Waals surface area contributed by atoms with Crippen molar-refractivity contribution in [3.63, 3.8) is 0 Å². The van der Waals surface area contributed by atoms with Crippen molar-refractivity contribution >= 4 is 46.2 Å². The van der Waals surface area contributed by atoms with Crippen molar-refractivity contribution in [2.75, 3.05) is 4.90 Å². The lowest BCUT2D eigenvalue weighted by Crippen LogP contribution is -2.29. The van der Waals surface area contributed by atoms with Crippen LogP contribution < -0.4 is 10.2 Å². The SMILES string of the molecule is Cc1cccc(N2C(=S)N[C@@H](c3ccccn3)[C@H]2c2ccc(-c3ccc(Cl)cc3Cl)o2)c1. The van der Waals surface area contributed by atoms with Crippen LogP contribution in [-0.2, 0) is 0 Å². The van der Waals surface area contributed by atoms with Gasteiger partial charge in [0.15, 0.2) is 5.11 Å². The van der Waals surface area contributed by atoms with Crippen LogP contribution in [0.25, 0.3) is 11.3 Å². The Kier molecular flexibility index (Phi) is 5.64. The molecule has 0 unspecified atom stereocenters. The van der Waals surface area contributed by atoms with Gasteiger partial charge in [0.1, 0.15) is 17.6 Å². The normalized spacial score (nSPS) is 18.1. The third-order valence-corrected chi connectivity index (χ3v) is 6.36. The van der Waals surface area contributed by atoms with Crippen LogP contribution in [-0.4, -0.2) is 10.1 Å². The summed E-state index contributed by atoms with van der Waals surface area (Å²) in [6, 6.07) is 23.0. The van der Waals surface area contributed by atoms with Crippen LogP contribution >= 0.6 is 35.4 Å². The number of anilines is 1. The molecule has 4 nitrogen and oxygen atoms in total. The fourth-order valence-electron chi connectivity index (χ4n) is 4.05. The van der Waals surface area contributed by atoms with E-state index in [1.807, 2.05) is 42.5 Å². The Morgan fingerprint density at radius 1 is 1.00 bits per heavy atom. The van der Waals surface area contributed by atoms with Crippen molar-refractivity contribution in [3.8, 4) is 11.3 Å². The second-order valence-electron chi connectivity index (χ2n) is 7.66. The molecule has 1 saturated heterocycles. The Morgan fingerprint density at radius 2 is 1.88 bits per heavy atom. The van der Waals surface area contributed by atoms with E-state index in [0.29, 0.717) is 20.9 Å². The molecule has 0 aliphatic carbocycles. The molecule has 0 bridgehead atoms. The fraction of sp³-hybridized carbons (Fsp3) is 0.120. The number of aromatic nitrogens is 1. The Morgan fingerprint density at radius 3 is 2.62 bits per heavy atom. The molecule has 7 heteroatoms. The Bertz CT molecular complexity index is 1290. The van der Waals surface area contributed by atoms with Gasteiger partial charge >= 0.3 is 0 Å². The van der Waals surface area contributed by atoms with E-state index >= 15 is 0 Å². The van der Waals surface area contributed by atoms with E-state index in [0.717, 1.165) is 28.3 Å². The minimum Gasteiger partial charge on any atom is -0.459 e. The topological polar surface area (TPSA) is 41.3 Å². The summed E-state index contributed by atoms with van der Waals surface area (Å²) in [4.78, 5) is 6.67. The van der Waals surface area contributed by atoms with Crippen molar-refractivity contribution in [2.24, 2.45) is 0 Å². The molecule has 2 aromatic heterocycles. The van der Waals surface area contributed by atoms with E-state index in [1.54, 1.807) is 18.3 Å². The number of aryl methyl sites for hydroxylation is 1. The third kappa shape index (κ3) is 3.88. The van der Waals surface area contributed by atoms with Gasteiger partial charge in [0.25, 0.3) is 0 Å². The number of pyridine rings is 1. The average molecular weight is 480 g/mol. The maximum atomic E-state index is 6.42. The highest BCUT2D eigenvalue weighted by Gasteiger charge is 2.42. The number of benzene rings is 2. The number of rotatable bonds is 4. The van der Waals surface area contributed by atoms with Crippen molar-refractivity contribution in [3.05, 3.63) is 106 Å². The molecule has 2 atom stereocenters. The van der Waals surface area contributed by atoms with E-state index in [-0.39, 0.29) is 12.1 Å². The number of nitrogens with one attached hydrogen (secondary N) is 1. The van der Waals surface area contributed by atoms with Gasteiger partial charge in [0.2, 0.25) is 0 Å². The molecule has 5 rings (SSSR count). The molecule has 4 aromatic rings. The van der Waals surface area contributed by atoms with E-state index in [1.165, 1.54) is 0 Å². The lowest BCUT2D eigenvalue weighted by molar-refractivity contribution is 0.439. The average Bonchev–Trinajstić information content (AvgIpc) is 3.39. The second kappa shape index (κ2) is 8.58. The first-order chi connectivity index (χ1) is 15.5. The van der Waals surface area contributed by atoms with Gasteiger partial charge in [-0.3, -0.25) is 4.98 Å². The molecule has 0 spiro atoms. The van der Waals surface area contributed by atoms with E-state index < -0.39 is 0 Å². The van der Waals surface area contributed by atoms with Crippen molar-refractivity contribution < 1.29 is 4.42 Å². The minimum atomic E-state index is -0.223. The standard InChI is InChI=1S/C25H19Cl2N3OS/c1-15-5-4-6-17(13-15)30-24(23(29-25(30)32)20-7-2-3-12-28-20)22-11-10-21(31-22)18-9-8-16(26)14-19(18)27/h2-14,23-24H,1H3,(H,29,32)/t23-,24+/m0/s1. The van der Waals surface area contributed by atoms with Gasteiger partial charge < -0.3 is 14.6 Å². The highest BCUT2D eigenvalue weighted by molar-refractivity contribution is 7.80. The third-order valence-electron chi connectivity index (χ3n) is 5.49. The predicted octanol–water partition coefficient (Wildman–Crippen LogP) is 7.13. The first-order valence-corrected chi connectivity index (χ1v) is 11.3. The fourth-order valence-corrected chi connectivity index (χ4v) is 4.89. The maximum Gasteiger partial charge on any atom is 0.174 e. The number of hydrogen-bond donors (Lipinski definition) is 1. The monoisotopic (exact) mass is 479 g/mol. The van der Waals surface area contributed by atoms with Crippen LogP contribution in [0.15, 0.2) is 83.4 Å². The molecular formula is C25H19Cl2N3OS.